The first-order chi connectivity index (χ1) is 14.9. The molecule has 31 heavy (non-hydrogen) atoms. The molecular weight excluding hydrogens is 372 g/mol. The van der Waals surface area contributed by atoms with Gasteiger partial charge in [0.15, 0.2) is 0 Å². The van der Waals surface area contributed by atoms with Crippen molar-refractivity contribution in [3.63, 3.8) is 0 Å². The molecule has 0 saturated carbocycles. The zero-order valence-corrected chi connectivity index (χ0v) is 20.2. The smallest absolute Gasteiger partial charge is 0.0253 e. The van der Waals surface area contributed by atoms with Gasteiger partial charge < -0.3 is 0 Å². The van der Waals surface area contributed by atoms with Crippen LogP contribution in [0, 0.1) is 32.6 Å². The molecule has 2 atom stereocenters. The van der Waals surface area contributed by atoms with Crippen LogP contribution >= 0.6 is 0 Å². The Morgan fingerprint density at radius 1 is 0.516 bits per heavy atom. The van der Waals surface area contributed by atoms with Gasteiger partial charge in [0.2, 0.25) is 0 Å². The minimum absolute atomic E-state index is 0.705. The summed E-state index contributed by atoms with van der Waals surface area (Å²) in [7, 11) is 0. The zero-order chi connectivity index (χ0) is 22.2. The Labute approximate surface area is 190 Å². The van der Waals surface area contributed by atoms with E-state index in [0.29, 0.717) is 11.8 Å². The van der Waals surface area contributed by atoms with Crippen LogP contribution in [0.15, 0.2) is 66.7 Å². The monoisotopic (exact) mass is 412 g/mol. The van der Waals surface area contributed by atoms with Gasteiger partial charge in [-0.25, -0.2) is 0 Å². The van der Waals surface area contributed by atoms with E-state index in [0.717, 1.165) is 0 Å². The fourth-order valence-corrected chi connectivity index (χ4v) is 4.49. The molecule has 164 valence electrons. The lowest BCUT2D eigenvalue weighted by molar-refractivity contribution is 0.519. The molecule has 0 aromatic heterocycles. The number of hydrogen-bond donors (Lipinski definition) is 0. The summed E-state index contributed by atoms with van der Waals surface area (Å²) < 4.78 is 0. The number of aryl methyl sites for hydroxylation is 5. The van der Waals surface area contributed by atoms with E-state index in [4.69, 9.17) is 0 Å². The van der Waals surface area contributed by atoms with E-state index in [1.807, 2.05) is 0 Å². The predicted molar refractivity (Wildman–Crippen MR) is 136 cm³/mol. The van der Waals surface area contributed by atoms with E-state index >= 15 is 0 Å². The van der Waals surface area contributed by atoms with E-state index in [-0.39, 0.29) is 0 Å². The number of rotatable bonds is 10. The van der Waals surface area contributed by atoms with Crippen LogP contribution in [0.5, 0.6) is 0 Å². The Morgan fingerprint density at radius 2 is 0.935 bits per heavy atom. The molecule has 3 rings (SSSR count). The number of benzene rings is 3. The molecule has 0 aliphatic heterocycles. The van der Waals surface area contributed by atoms with Gasteiger partial charge in [-0.3, -0.25) is 0 Å². The van der Waals surface area contributed by atoms with Crippen molar-refractivity contribution in [1.29, 1.82) is 0 Å². The molecule has 0 fully saturated rings. The van der Waals surface area contributed by atoms with E-state index in [9.17, 15) is 0 Å². The van der Waals surface area contributed by atoms with Gasteiger partial charge in [0.1, 0.15) is 0 Å². The van der Waals surface area contributed by atoms with Gasteiger partial charge >= 0.3 is 0 Å². The Kier molecular flexibility index (Phi) is 8.52. The van der Waals surface area contributed by atoms with Crippen LogP contribution in [0.25, 0.3) is 0 Å². The van der Waals surface area contributed by atoms with Crippen LogP contribution in [0.1, 0.15) is 65.6 Å². The van der Waals surface area contributed by atoms with E-state index in [2.05, 4.69) is 101 Å². The first-order valence-corrected chi connectivity index (χ1v) is 12.1. The standard InChI is InChI=1S/C31H40/c1-23-6-13-28(14-7-23)20-25(3)10-17-30-18-11-27(5)22-31(30)19-12-26(4)21-29-15-8-24(2)9-16-29/h6-9,11,13-16,18,22,25-26H,10,12,17,19-21H2,1-5H3. The van der Waals surface area contributed by atoms with Gasteiger partial charge in [0.25, 0.3) is 0 Å². The molecule has 2 unspecified atom stereocenters. The van der Waals surface area contributed by atoms with Crippen molar-refractivity contribution in [2.45, 2.75) is 73.1 Å². The molecule has 0 saturated heterocycles. The van der Waals surface area contributed by atoms with Crippen LogP contribution in [0.2, 0.25) is 0 Å². The molecule has 0 heterocycles. The molecule has 3 aromatic carbocycles. The second-order valence-corrected chi connectivity index (χ2v) is 9.94. The highest BCUT2D eigenvalue weighted by Crippen LogP contribution is 2.22. The lowest BCUT2D eigenvalue weighted by atomic mass is 9.89. The molecule has 0 heteroatoms. The summed E-state index contributed by atoms with van der Waals surface area (Å²) >= 11 is 0. The van der Waals surface area contributed by atoms with Crippen molar-refractivity contribution >= 4 is 0 Å². The third kappa shape index (κ3) is 7.69. The van der Waals surface area contributed by atoms with Crippen molar-refractivity contribution in [1.82, 2.24) is 0 Å². The summed E-state index contributed by atoms with van der Waals surface area (Å²) in [5, 5.41) is 0. The van der Waals surface area contributed by atoms with Gasteiger partial charge in [-0.05, 0) is 93.4 Å². The number of hydrogen-bond acceptors (Lipinski definition) is 0. The lowest BCUT2D eigenvalue weighted by Crippen LogP contribution is -2.06. The fraction of sp³-hybridized carbons (Fsp3) is 0.419. The van der Waals surface area contributed by atoms with Crippen molar-refractivity contribution in [2.24, 2.45) is 11.8 Å². The second-order valence-electron chi connectivity index (χ2n) is 9.94. The van der Waals surface area contributed by atoms with E-state index < -0.39 is 0 Å². The summed E-state index contributed by atoms with van der Waals surface area (Å²) in [6, 6.07) is 25.2. The van der Waals surface area contributed by atoms with Crippen LogP contribution in [0.3, 0.4) is 0 Å². The third-order valence-electron chi connectivity index (χ3n) is 6.58. The van der Waals surface area contributed by atoms with E-state index in [1.165, 1.54) is 66.3 Å². The molecule has 0 aliphatic carbocycles. The molecule has 0 nitrogen and oxygen atoms in total. The summed E-state index contributed by atoms with van der Waals surface area (Å²) in [6.07, 6.45) is 7.24. The zero-order valence-electron chi connectivity index (χ0n) is 20.2. The molecule has 0 radical (unpaired) electrons. The molecule has 0 aliphatic rings. The molecule has 3 aromatic rings. The Bertz CT molecular complexity index is 931. The second kappa shape index (κ2) is 11.3. The molecule has 0 amide bonds. The Morgan fingerprint density at radius 3 is 1.42 bits per heavy atom. The Hall–Kier alpha value is -2.34. The SMILES string of the molecule is Cc1ccc(CC(C)CCc2ccc(C)cc2CCC(C)Cc2ccc(C)cc2)cc1. The maximum Gasteiger partial charge on any atom is -0.0253 e. The normalized spacial score (nSPS) is 13.2. The topological polar surface area (TPSA) is 0 Å². The molecule has 0 spiro atoms. The quantitative estimate of drug-likeness (QED) is 0.314. The maximum absolute atomic E-state index is 2.43. The summed E-state index contributed by atoms with van der Waals surface area (Å²) in [6.45, 7) is 11.3. The van der Waals surface area contributed by atoms with Crippen molar-refractivity contribution in [2.75, 3.05) is 0 Å². The van der Waals surface area contributed by atoms with Crippen LogP contribution in [-0.2, 0) is 25.7 Å². The summed E-state index contributed by atoms with van der Waals surface area (Å²) in [5.41, 5.74) is 10.1. The average molecular weight is 413 g/mol. The minimum Gasteiger partial charge on any atom is -0.0622 e. The first kappa shape index (κ1) is 23.3. The first-order valence-electron chi connectivity index (χ1n) is 12.1. The van der Waals surface area contributed by atoms with Crippen molar-refractivity contribution in [3.05, 3.63) is 106 Å². The fourth-order valence-electron chi connectivity index (χ4n) is 4.49. The van der Waals surface area contributed by atoms with Gasteiger partial charge in [-0.15, -0.1) is 0 Å². The van der Waals surface area contributed by atoms with Crippen LogP contribution in [0.4, 0.5) is 0 Å². The maximum atomic E-state index is 2.43. The summed E-state index contributed by atoms with van der Waals surface area (Å²) in [5.74, 6) is 1.41. The highest BCUT2D eigenvalue weighted by atomic mass is 14.2. The van der Waals surface area contributed by atoms with Crippen molar-refractivity contribution in [3.8, 4) is 0 Å². The highest BCUT2D eigenvalue weighted by molar-refractivity contribution is 5.32. The van der Waals surface area contributed by atoms with Gasteiger partial charge in [0.05, 0.1) is 0 Å². The molecular formula is C31H40. The highest BCUT2D eigenvalue weighted by Gasteiger charge is 2.10. The largest absolute Gasteiger partial charge is 0.0622 e. The van der Waals surface area contributed by atoms with Crippen LogP contribution < -0.4 is 0 Å². The average Bonchev–Trinajstić information content (AvgIpc) is 2.75. The van der Waals surface area contributed by atoms with E-state index in [1.54, 1.807) is 11.1 Å². The lowest BCUT2D eigenvalue weighted by Gasteiger charge is -2.17. The van der Waals surface area contributed by atoms with Gasteiger partial charge in [0, 0.05) is 0 Å². The Balaban J connectivity index is 1.54. The van der Waals surface area contributed by atoms with Gasteiger partial charge in [-0.1, -0.05) is 97.3 Å². The third-order valence-corrected chi connectivity index (χ3v) is 6.58. The van der Waals surface area contributed by atoms with Crippen molar-refractivity contribution < 1.29 is 0 Å². The summed E-state index contributed by atoms with van der Waals surface area (Å²) in [4.78, 5) is 0. The minimum atomic E-state index is 0.705. The molecule has 0 bridgehead atoms. The van der Waals surface area contributed by atoms with Crippen LogP contribution in [-0.4, -0.2) is 0 Å². The molecule has 0 N–H and O–H groups in total. The van der Waals surface area contributed by atoms with Gasteiger partial charge in [-0.2, -0.15) is 0 Å². The predicted octanol–water partition coefficient (Wildman–Crippen LogP) is 8.23.